The molecule has 1 aliphatic heterocycles. The highest BCUT2D eigenvalue weighted by molar-refractivity contribution is 9.10. The van der Waals surface area contributed by atoms with Gasteiger partial charge in [-0.25, -0.2) is 8.42 Å². The molecule has 26 heavy (non-hydrogen) atoms. The second kappa shape index (κ2) is 8.16. The van der Waals surface area contributed by atoms with E-state index >= 15 is 0 Å². The number of halogens is 1. The minimum atomic E-state index is -3.43. The number of benzene rings is 2. The van der Waals surface area contributed by atoms with Gasteiger partial charge < -0.3 is 5.32 Å². The van der Waals surface area contributed by atoms with Gasteiger partial charge in [0.05, 0.1) is 4.90 Å². The lowest BCUT2D eigenvalue weighted by atomic mass is 10.2. The number of nitrogens with one attached hydrogen (secondary N) is 1. The van der Waals surface area contributed by atoms with Crippen LogP contribution in [0.5, 0.6) is 0 Å². The lowest BCUT2D eigenvalue weighted by Gasteiger charge is -2.15. The van der Waals surface area contributed by atoms with Crippen LogP contribution in [0.15, 0.2) is 64.0 Å². The average molecular weight is 435 g/mol. The third kappa shape index (κ3) is 4.41. The average Bonchev–Trinajstić information content (AvgIpc) is 3.17. The number of hydrogen-bond donors (Lipinski definition) is 1. The van der Waals surface area contributed by atoms with E-state index in [1.807, 2.05) is 24.3 Å². The molecule has 0 saturated carbocycles. The van der Waals surface area contributed by atoms with Crippen molar-refractivity contribution in [2.75, 3.05) is 18.4 Å². The van der Waals surface area contributed by atoms with Gasteiger partial charge in [-0.2, -0.15) is 4.31 Å². The number of anilines is 1. The van der Waals surface area contributed by atoms with Crippen LogP contribution < -0.4 is 5.32 Å². The van der Waals surface area contributed by atoms with E-state index in [1.165, 1.54) is 22.5 Å². The predicted molar refractivity (Wildman–Crippen MR) is 106 cm³/mol. The van der Waals surface area contributed by atoms with Crippen LogP contribution in [0.1, 0.15) is 18.4 Å². The van der Waals surface area contributed by atoms with E-state index in [-0.39, 0.29) is 10.8 Å². The number of carbonyl (C=O) groups excluding carboxylic acids is 1. The first kappa shape index (κ1) is 18.8. The van der Waals surface area contributed by atoms with Crippen LogP contribution in [0.25, 0.3) is 6.08 Å². The first-order valence-electron chi connectivity index (χ1n) is 8.30. The van der Waals surface area contributed by atoms with Crippen LogP contribution in [0, 0.1) is 0 Å². The quantitative estimate of drug-likeness (QED) is 0.725. The van der Waals surface area contributed by atoms with Gasteiger partial charge in [0.2, 0.25) is 15.9 Å². The maximum Gasteiger partial charge on any atom is 0.248 e. The Kier molecular flexibility index (Phi) is 5.90. The number of sulfonamides is 1. The molecule has 0 unspecified atom stereocenters. The van der Waals surface area contributed by atoms with Crippen LogP contribution in [0.2, 0.25) is 0 Å². The number of carbonyl (C=O) groups is 1. The normalized spacial score (nSPS) is 15.4. The molecule has 1 N–H and O–H groups in total. The molecule has 0 spiro atoms. The van der Waals surface area contributed by atoms with Crippen molar-refractivity contribution in [2.24, 2.45) is 0 Å². The molecular weight excluding hydrogens is 416 g/mol. The Hall–Kier alpha value is -1.96. The number of amides is 1. The molecule has 5 nitrogen and oxygen atoms in total. The second-order valence-electron chi connectivity index (χ2n) is 5.98. The van der Waals surface area contributed by atoms with Gasteiger partial charge in [0.1, 0.15) is 0 Å². The van der Waals surface area contributed by atoms with Crippen molar-refractivity contribution in [3.05, 3.63) is 64.6 Å². The van der Waals surface area contributed by atoms with E-state index in [0.29, 0.717) is 18.8 Å². The molecular formula is C19H19BrN2O3S. The molecule has 1 amide bonds. The summed E-state index contributed by atoms with van der Waals surface area (Å²) in [4.78, 5) is 12.3. The molecule has 0 aromatic heterocycles. The molecule has 0 bridgehead atoms. The molecule has 2 aromatic carbocycles. The van der Waals surface area contributed by atoms with Crippen molar-refractivity contribution in [2.45, 2.75) is 17.7 Å². The summed E-state index contributed by atoms with van der Waals surface area (Å²) in [6, 6.07) is 13.9. The molecule has 1 aliphatic rings. The Morgan fingerprint density at radius 2 is 1.69 bits per heavy atom. The van der Waals surface area contributed by atoms with Gasteiger partial charge in [0.25, 0.3) is 0 Å². The van der Waals surface area contributed by atoms with Crippen molar-refractivity contribution in [1.29, 1.82) is 0 Å². The van der Waals surface area contributed by atoms with Gasteiger partial charge in [-0.3, -0.25) is 4.79 Å². The lowest BCUT2D eigenvalue weighted by Crippen LogP contribution is -2.27. The maximum absolute atomic E-state index is 12.5. The lowest BCUT2D eigenvalue weighted by molar-refractivity contribution is -0.111. The van der Waals surface area contributed by atoms with Crippen molar-refractivity contribution in [3.63, 3.8) is 0 Å². The van der Waals surface area contributed by atoms with Crippen molar-refractivity contribution in [3.8, 4) is 0 Å². The highest BCUT2D eigenvalue weighted by Crippen LogP contribution is 2.22. The van der Waals surface area contributed by atoms with Gasteiger partial charge in [0.15, 0.2) is 0 Å². The van der Waals surface area contributed by atoms with Gasteiger partial charge in [-0.15, -0.1) is 0 Å². The smallest absolute Gasteiger partial charge is 0.248 e. The SMILES string of the molecule is O=C(C=Cc1ccccc1Br)Nc1ccc(S(=O)(=O)N2CCCC2)cc1. The minimum Gasteiger partial charge on any atom is -0.323 e. The summed E-state index contributed by atoms with van der Waals surface area (Å²) in [7, 11) is -3.43. The van der Waals surface area contributed by atoms with Gasteiger partial charge in [-0.1, -0.05) is 34.1 Å². The van der Waals surface area contributed by atoms with Gasteiger partial charge >= 0.3 is 0 Å². The fourth-order valence-electron chi connectivity index (χ4n) is 2.75. The predicted octanol–water partition coefficient (Wildman–Crippen LogP) is 3.89. The van der Waals surface area contributed by atoms with E-state index < -0.39 is 10.0 Å². The summed E-state index contributed by atoms with van der Waals surface area (Å²) in [5.41, 5.74) is 1.45. The Morgan fingerprint density at radius 3 is 2.35 bits per heavy atom. The van der Waals surface area contributed by atoms with E-state index in [4.69, 9.17) is 0 Å². The van der Waals surface area contributed by atoms with Crippen molar-refractivity contribution < 1.29 is 13.2 Å². The van der Waals surface area contributed by atoms with E-state index in [2.05, 4.69) is 21.2 Å². The Balaban J connectivity index is 1.65. The molecule has 136 valence electrons. The van der Waals surface area contributed by atoms with Crippen molar-refractivity contribution in [1.82, 2.24) is 4.31 Å². The molecule has 3 rings (SSSR count). The summed E-state index contributed by atoms with van der Waals surface area (Å²) >= 11 is 3.42. The molecule has 7 heteroatoms. The van der Waals surface area contributed by atoms with Crippen LogP contribution >= 0.6 is 15.9 Å². The topological polar surface area (TPSA) is 66.5 Å². The van der Waals surface area contributed by atoms with Crippen molar-refractivity contribution >= 4 is 43.6 Å². The zero-order chi connectivity index (χ0) is 18.6. The number of hydrogen-bond acceptors (Lipinski definition) is 3. The summed E-state index contributed by atoms with van der Waals surface area (Å²) < 4.78 is 27.4. The Bertz CT molecular complexity index is 918. The standard InChI is InChI=1S/C19H19BrN2O3S/c20-18-6-2-1-5-15(18)7-12-19(23)21-16-8-10-17(11-9-16)26(24,25)22-13-3-4-14-22/h1-2,5-12H,3-4,13-14H2,(H,21,23). The number of rotatable bonds is 5. The summed E-state index contributed by atoms with van der Waals surface area (Å²) in [6.07, 6.45) is 4.95. The number of nitrogens with zero attached hydrogens (tertiary/aromatic N) is 1. The summed E-state index contributed by atoms with van der Waals surface area (Å²) in [5.74, 6) is -0.282. The fourth-order valence-corrected chi connectivity index (χ4v) is 4.68. The summed E-state index contributed by atoms with van der Waals surface area (Å²) in [5, 5.41) is 2.73. The zero-order valence-electron chi connectivity index (χ0n) is 14.1. The fraction of sp³-hybridized carbons (Fsp3) is 0.211. The third-order valence-corrected chi connectivity index (χ3v) is 6.78. The molecule has 0 atom stereocenters. The van der Waals surface area contributed by atoms with E-state index in [9.17, 15) is 13.2 Å². The minimum absolute atomic E-state index is 0.251. The van der Waals surface area contributed by atoms with Crippen LogP contribution in [0.3, 0.4) is 0 Å². The van der Waals surface area contributed by atoms with Crippen LogP contribution in [0.4, 0.5) is 5.69 Å². The highest BCUT2D eigenvalue weighted by atomic mass is 79.9. The molecule has 2 aromatic rings. The first-order chi connectivity index (χ1) is 12.5. The first-order valence-corrected chi connectivity index (χ1v) is 10.5. The molecule has 1 heterocycles. The Labute approximate surface area is 161 Å². The van der Waals surface area contributed by atoms with Gasteiger partial charge in [0, 0.05) is 29.3 Å². The molecule has 0 radical (unpaired) electrons. The summed E-state index contributed by atoms with van der Waals surface area (Å²) in [6.45, 7) is 1.14. The van der Waals surface area contributed by atoms with Crippen LogP contribution in [-0.4, -0.2) is 31.7 Å². The van der Waals surface area contributed by atoms with E-state index in [1.54, 1.807) is 18.2 Å². The third-order valence-electron chi connectivity index (χ3n) is 4.14. The zero-order valence-corrected chi connectivity index (χ0v) is 16.5. The molecule has 1 saturated heterocycles. The van der Waals surface area contributed by atoms with Gasteiger partial charge in [-0.05, 0) is 54.8 Å². The largest absolute Gasteiger partial charge is 0.323 e. The molecule has 1 fully saturated rings. The maximum atomic E-state index is 12.5. The second-order valence-corrected chi connectivity index (χ2v) is 8.77. The highest BCUT2D eigenvalue weighted by Gasteiger charge is 2.26. The molecule has 0 aliphatic carbocycles. The monoisotopic (exact) mass is 434 g/mol. The van der Waals surface area contributed by atoms with E-state index in [0.717, 1.165) is 22.9 Å². The Morgan fingerprint density at radius 1 is 1.04 bits per heavy atom. The van der Waals surface area contributed by atoms with Crippen LogP contribution in [-0.2, 0) is 14.8 Å².